The van der Waals surface area contributed by atoms with Crippen molar-refractivity contribution in [3.05, 3.63) is 33.8 Å². The van der Waals surface area contributed by atoms with Gasteiger partial charge in [0.15, 0.2) is 0 Å². The van der Waals surface area contributed by atoms with E-state index in [2.05, 4.69) is 15.9 Å². The van der Waals surface area contributed by atoms with Crippen LogP contribution in [0.2, 0.25) is 0 Å². The summed E-state index contributed by atoms with van der Waals surface area (Å²) in [6.07, 6.45) is 1.65. The SMILES string of the molecule is CCC1OCCC1C(N)c1cc(F)c(Br)cc1F. The highest BCUT2D eigenvalue weighted by Gasteiger charge is 2.33. The molecule has 0 bridgehead atoms. The lowest BCUT2D eigenvalue weighted by Crippen LogP contribution is -2.28. The molecular weight excluding hydrogens is 304 g/mol. The first-order chi connectivity index (χ1) is 8.54. The fraction of sp³-hybridized carbons (Fsp3) is 0.538. The van der Waals surface area contributed by atoms with Crippen LogP contribution in [0.5, 0.6) is 0 Å². The summed E-state index contributed by atoms with van der Waals surface area (Å²) in [4.78, 5) is 0. The summed E-state index contributed by atoms with van der Waals surface area (Å²) in [6.45, 7) is 2.64. The predicted octanol–water partition coefficient (Wildman–Crippen LogP) is 3.54. The molecule has 1 heterocycles. The zero-order valence-corrected chi connectivity index (χ0v) is 11.7. The molecule has 5 heteroatoms. The average molecular weight is 320 g/mol. The van der Waals surface area contributed by atoms with E-state index in [4.69, 9.17) is 10.5 Å². The number of rotatable bonds is 3. The molecule has 18 heavy (non-hydrogen) atoms. The minimum atomic E-state index is -0.528. The van der Waals surface area contributed by atoms with Gasteiger partial charge in [-0.1, -0.05) is 6.92 Å². The second-order valence-electron chi connectivity index (χ2n) is 4.58. The largest absolute Gasteiger partial charge is 0.378 e. The molecule has 1 fully saturated rings. The smallest absolute Gasteiger partial charge is 0.137 e. The van der Waals surface area contributed by atoms with E-state index in [0.29, 0.717) is 6.61 Å². The summed E-state index contributed by atoms with van der Waals surface area (Å²) < 4.78 is 33.0. The molecule has 1 aliphatic heterocycles. The number of halogens is 3. The van der Waals surface area contributed by atoms with Gasteiger partial charge in [0.1, 0.15) is 11.6 Å². The van der Waals surface area contributed by atoms with Gasteiger partial charge in [-0.3, -0.25) is 0 Å². The lowest BCUT2D eigenvalue weighted by molar-refractivity contribution is 0.0810. The maximum absolute atomic E-state index is 13.8. The van der Waals surface area contributed by atoms with Gasteiger partial charge in [0.05, 0.1) is 10.6 Å². The first-order valence-electron chi connectivity index (χ1n) is 6.06. The third kappa shape index (κ3) is 2.58. The molecule has 100 valence electrons. The van der Waals surface area contributed by atoms with E-state index in [9.17, 15) is 8.78 Å². The van der Waals surface area contributed by atoms with E-state index < -0.39 is 17.7 Å². The van der Waals surface area contributed by atoms with Crippen molar-refractivity contribution >= 4 is 15.9 Å². The van der Waals surface area contributed by atoms with Gasteiger partial charge in [0.25, 0.3) is 0 Å². The Morgan fingerprint density at radius 2 is 2.17 bits per heavy atom. The normalized spacial score (nSPS) is 25.4. The molecule has 3 atom stereocenters. The number of benzene rings is 1. The maximum atomic E-state index is 13.8. The molecule has 1 saturated heterocycles. The summed E-state index contributed by atoms with van der Waals surface area (Å²) in [6, 6.07) is 1.77. The zero-order valence-electron chi connectivity index (χ0n) is 10.1. The lowest BCUT2D eigenvalue weighted by Gasteiger charge is -2.24. The third-order valence-electron chi connectivity index (χ3n) is 3.52. The van der Waals surface area contributed by atoms with Crippen LogP contribution in [0.4, 0.5) is 8.78 Å². The van der Waals surface area contributed by atoms with Gasteiger partial charge in [-0.2, -0.15) is 0 Å². The number of nitrogens with two attached hydrogens (primary N) is 1. The van der Waals surface area contributed by atoms with Crippen LogP contribution in [0.25, 0.3) is 0 Å². The van der Waals surface area contributed by atoms with Crippen molar-refractivity contribution < 1.29 is 13.5 Å². The van der Waals surface area contributed by atoms with Crippen LogP contribution in [-0.4, -0.2) is 12.7 Å². The monoisotopic (exact) mass is 319 g/mol. The molecule has 0 aromatic heterocycles. The van der Waals surface area contributed by atoms with Gasteiger partial charge in [-0.05, 0) is 40.9 Å². The molecule has 2 N–H and O–H groups in total. The van der Waals surface area contributed by atoms with Crippen LogP contribution in [0.3, 0.4) is 0 Å². The van der Waals surface area contributed by atoms with Crippen LogP contribution in [0.1, 0.15) is 31.4 Å². The second-order valence-corrected chi connectivity index (χ2v) is 5.44. The molecule has 2 rings (SSSR count). The maximum Gasteiger partial charge on any atom is 0.137 e. The van der Waals surface area contributed by atoms with Crippen LogP contribution in [0, 0.1) is 17.6 Å². The topological polar surface area (TPSA) is 35.2 Å². The Hall–Kier alpha value is -0.520. The van der Waals surface area contributed by atoms with E-state index in [-0.39, 0.29) is 22.1 Å². The number of hydrogen-bond donors (Lipinski definition) is 1. The van der Waals surface area contributed by atoms with Crippen LogP contribution in [0.15, 0.2) is 16.6 Å². The van der Waals surface area contributed by atoms with Crippen molar-refractivity contribution in [2.75, 3.05) is 6.61 Å². The van der Waals surface area contributed by atoms with Crippen molar-refractivity contribution in [1.82, 2.24) is 0 Å². The average Bonchev–Trinajstić information content (AvgIpc) is 2.81. The van der Waals surface area contributed by atoms with Gasteiger partial charge >= 0.3 is 0 Å². The van der Waals surface area contributed by atoms with Crippen LogP contribution < -0.4 is 5.73 Å². The Balaban J connectivity index is 2.28. The molecule has 0 aliphatic carbocycles. The summed E-state index contributed by atoms with van der Waals surface area (Å²) in [5.74, 6) is -0.920. The van der Waals surface area contributed by atoms with Crippen molar-refractivity contribution in [2.24, 2.45) is 11.7 Å². The highest BCUT2D eigenvalue weighted by Crippen LogP contribution is 2.35. The molecule has 1 aliphatic rings. The summed E-state index contributed by atoms with van der Waals surface area (Å²) in [5.41, 5.74) is 6.31. The Bertz CT molecular complexity index is 441. The van der Waals surface area contributed by atoms with Crippen molar-refractivity contribution in [3.8, 4) is 0 Å². The molecule has 0 spiro atoms. The van der Waals surface area contributed by atoms with Crippen LogP contribution >= 0.6 is 15.9 Å². The third-order valence-corrected chi connectivity index (χ3v) is 4.13. The molecule has 1 aromatic rings. The minimum Gasteiger partial charge on any atom is -0.378 e. The standard InChI is InChI=1S/C13H16BrF2NO/c1-2-12-7(3-4-18-12)13(17)8-5-11(16)9(14)6-10(8)15/h5-7,12-13H,2-4,17H2,1H3. The molecule has 0 amide bonds. The molecule has 0 radical (unpaired) electrons. The minimum absolute atomic E-state index is 0.0334. The fourth-order valence-electron chi connectivity index (χ4n) is 2.52. The molecule has 1 aromatic carbocycles. The Morgan fingerprint density at radius 1 is 1.44 bits per heavy atom. The second kappa shape index (κ2) is 5.63. The quantitative estimate of drug-likeness (QED) is 0.865. The highest BCUT2D eigenvalue weighted by molar-refractivity contribution is 9.10. The van der Waals surface area contributed by atoms with E-state index in [1.54, 1.807) is 0 Å². The predicted molar refractivity (Wildman–Crippen MR) is 69.1 cm³/mol. The first-order valence-corrected chi connectivity index (χ1v) is 6.85. The van der Waals surface area contributed by atoms with Crippen LogP contribution in [-0.2, 0) is 4.74 Å². The summed E-state index contributed by atoms with van der Waals surface area (Å²) in [5, 5.41) is 0. The summed E-state index contributed by atoms with van der Waals surface area (Å²) in [7, 11) is 0. The van der Waals surface area contributed by atoms with E-state index in [0.717, 1.165) is 18.9 Å². The Morgan fingerprint density at radius 3 is 2.83 bits per heavy atom. The van der Waals surface area contributed by atoms with Gasteiger partial charge < -0.3 is 10.5 Å². The van der Waals surface area contributed by atoms with E-state index in [1.165, 1.54) is 6.07 Å². The van der Waals surface area contributed by atoms with Crippen molar-refractivity contribution in [3.63, 3.8) is 0 Å². The van der Waals surface area contributed by atoms with Gasteiger partial charge in [-0.15, -0.1) is 0 Å². The number of hydrogen-bond acceptors (Lipinski definition) is 2. The first kappa shape index (κ1) is 13.9. The zero-order chi connectivity index (χ0) is 13.3. The van der Waals surface area contributed by atoms with Crippen molar-refractivity contribution in [1.29, 1.82) is 0 Å². The molecule has 2 nitrogen and oxygen atoms in total. The van der Waals surface area contributed by atoms with E-state index >= 15 is 0 Å². The number of ether oxygens (including phenoxy) is 1. The molecule has 0 saturated carbocycles. The molecule has 3 unspecified atom stereocenters. The van der Waals surface area contributed by atoms with E-state index in [1.807, 2.05) is 6.92 Å². The Kier molecular flexibility index (Phi) is 4.35. The summed E-state index contributed by atoms with van der Waals surface area (Å²) >= 11 is 2.96. The molecular formula is C13H16BrF2NO. The van der Waals surface area contributed by atoms with Gasteiger partial charge in [0, 0.05) is 24.1 Å². The lowest BCUT2D eigenvalue weighted by atomic mass is 9.87. The fourth-order valence-corrected chi connectivity index (χ4v) is 2.84. The van der Waals surface area contributed by atoms with Crippen molar-refractivity contribution in [2.45, 2.75) is 31.9 Å². The van der Waals surface area contributed by atoms with Gasteiger partial charge in [-0.25, -0.2) is 8.78 Å². The highest BCUT2D eigenvalue weighted by atomic mass is 79.9. The van der Waals surface area contributed by atoms with Gasteiger partial charge in [0.2, 0.25) is 0 Å². The Labute approximate surface area is 114 Å².